The average Bonchev–Trinajstić information content (AvgIpc) is 3.39. The van der Waals surface area contributed by atoms with Gasteiger partial charge in [-0.1, -0.05) is 48.2 Å². The monoisotopic (exact) mass is 453 g/mol. The van der Waals surface area contributed by atoms with E-state index in [1.54, 1.807) is 36.4 Å². The molecule has 3 heterocycles. The van der Waals surface area contributed by atoms with Crippen molar-refractivity contribution in [3.63, 3.8) is 0 Å². The first kappa shape index (κ1) is 19.6. The summed E-state index contributed by atoms with van der Waals surface area (Å²) < 4.78 is 11.1. The Labute approximate surface area is 186 Å². The van der Waals surface area contributed by atoms with E-state index in [1.165, 1.54) is 9.80 Å². The highest BCUT2D eigenvalue weighted by molar-refractivity contribution is 8.26. The van der Waals surface area contributed by atoms with E-state index in [2.05, 4.69) is 0 Å². The number of hydrogen-bond donors (Lipinski definition) is 1. The van der Waals surface area contributed by atoms with Crippen molar-refractivity contribution < 1.29 is 23.9 Å². The fourth-order valence-electron chi connectivity index (χ4n) is 3.72. The van der Waals surface area contributed by atoms with Crippen molar-refractivity contribution >= 4 is 57.3 Å². The zero-order valence-electron chi connectivity index (χ0n) is 16.0. The SMILES string of the molecule is NC(=O)CN1C(=O)C(=C2SC(=S)N(Cc3ccc4c(c3)OCO4)C2=O)c2ccccc21. The van der Waals surface area contributed by atoms with E-state index in [-0.39, 0.29) is 36.3 Å². The van der Waals surface area contributed by atoms with Crippen LogP contribution in [0, 0.1) is 0 Å². The fraction of sp³-hybridized carbons (Fsp3) is 0.143. The third-order valence-corrected chi connectivity index (χ3v) is 6.54. The van der Waals surface area contributed by atoms with Crippen molar-refractivity contribution in [1.82, 2.24) is 4.90 Å². The van der Waals surface area contributed by atoms with Gasteiger partial charge in [-0.2, -0.15) is 0 Å². The molecule has 1 saturated heterocycles. The summed E-state index contributed by atoms with van der Waals surface area (Å²) >= 11 is 6.52. The Bertz CT molecular complexity index is 1210. The molecule has 0 spiro atoms. The first-order valence-electron chi connectivity index (χ1n) is 9.30. The number of nitrogens with two attached hydrogens (primary N) is 1. The van der Waals surface area contributed by atoms with Crippen LogP contribution in [0.1, 0.15) is 11.1 Å². The second-order valence-electron chi connectivity index (χ2n) is 7.03. The van der Waals surface area contributed by atoms with Crippen molar-refractivity contribution in [1.29, 1.82) is 0 Å². The first-order chi connectivity index (χ1) is 14.9. The van der Waals surface area contributed by atoms with Gasteiger partial charge in [0.2, 0.25) is 12.7 Å². The van der Waals surface area contributed by atoms with Gasteiger partial charge in [-0.15, -0.1) is 0 Å². The van der Waals surface area contributed by atoms with Crippen LogP contribution in [0.3, 0.4) is 0 Å². The van der Waals surface area contributed by atoms with Gasteiger partial charge in [-0.05, 0) is 23.8 Å². The molecule has 0 aliphatic carbocycles. The number of hydrogen-bond acceptors (Lipinski definition) is 7. The molecule has 0 unspecified atom stereocenters. The number of nitrogens with zero attached hydrogens (tertiary/aromatic N) is 2. The second-order valence-corrected chi connectivity index (χ2v) is 8.67. The van der Waals surface area contributed by atoms with E-state index in [0.717, 1.165) is 17.3 Å². The predicted octanol–water partition coefficient (Wildman–Crippen LogP) is 2.02. The van der Waals surface area contributed by atoms with Gasteiger partial charge in [0.1, 0.15) is 10.9 Å². The lowest BCUT2D eigenvalue weighted by Crippen LogP contribution is -2.36. The minimum Gasteiger partial charge on any atom is -0.454 e. The third-order valence-electron chi connectivity index (χ3n) is 5.09. The van der Waals surface area contributed by atoms with Gasteiger partial charge in [0, 0.05) is 5.56 Å². The second kappa shape index (κ2) is 7.40. The maximum Gasteiger partial charge on any atom is 0.267 e. The van der Waals surface area contributed by atoms with Gasteiger partial charge >= 0.3 is 0 Å². The predicted molar refractivity (Wildman–Crippen MR) is 118 cm³/mol. The van der Waals surface area contributed by atoms with Gasteiger partial charge in [-0.25, -0.2) is 0 Å². The number of thioether (sulfide) groups is 1. The number of fused-ring (bicyclic) bond motifs is 2. The molecular weight excluding hydrogens is 438 g/mol. The number of rotatable bonds is 4. The van der Waals surface area contributed by atoms with E-state index in [4.69, 9.17) is 27.4 Å². The Morgan fingerprint density at radius 3 is 2.65 bits per heavy atom. The number of benzene rings is 2. The van der Waals surface area contributed by atoms with Crippen LogP contribution in [0.25, 0.3) is 5.57 Å². The van der Waals surface area contributed by atoms with Crippen LogP contribution in [0.15, 0.2) is 47.4 Å². The molecule has 2 aromatic rings. The summed E-state index contributed by atoms with van der Waals surface area (Å²) in [6.45, 7) is 0.130. The van der Waals surface area contributed by atoms with Crippen LogP contribution in [0.4, 0.5) is 5.69 Å². The van der Waals surface area contributed by atoms with E-state index < -0.39 is 11.8 Å². The summed E-state index contributed by atoms with van der Waals surface area (Å²) in [6, 6.07) is 12.4. The van der Waals surface area contributed by atoms with Crippen LogP contribution in [-0.4, -0.2) is 40.3 Å². The number of thiocarbonyl (C=S) groups is 1. The molecule has 31 heavy (non-hydrogen) atoms. The Morgan fingerprint density at radius 1 is 1.06 bits per heavy atom. The van der Waals surface area contributed by atoms with Gasteiger partial charge < -0.3 is 15.2 Å². The molecule has 0 saturated carbocycles. The average molecular weight is 454 g/mol. The lowest BCUT2D eigenvalue weighted by atomic mass is 10.1. The molecule has 10 heteroatoms. The van der Waals surface area contributed by atoms with Crippen molar-refractivity contribution in [2.75, 3.05) is 18.2 Å². The molecule has 3 aliphatic heterocycles. The van der Waals surface area contributed by atoms with Crippen LogP contribution < -0.4 is 20.1 Å². The number of primary amides is 1. The quantitative estimate of drug-likeness (QED) is 0.558. The van der Waals surface area contributed by atoms with Crippen LogP contribution in [0.2, 0.25) is 0 Å². The first-order valence-corrected chi connectivity index (χ1v) is 10.5. The van der Waals surface area contributed by atoms with Gasteiger partial charge in [0.25, 0.3) is 11.8 Å². The number of amides is 3. The van der Waals surface area contributed by atoms with E-state index in [0.29, 0.717) is 27.1 Å². The Balaban J connectivity index is 1.50. The molecule has 2 aromatic carbocycles. The summed E-state index contributed by atoms with van der Waals surface area (Å²) in [4.78, 5) is 40.9. The lowest BCUT2D eigenvalue weighted by Gasteiger charge is -2.15. The van der Waals surface area contributed by atoms with E-state index in [9.17, 15) is 14.4 Å². The van der Waals surface area contributed by atoms with Gasteiger partial charge in [-0.3, -0.25) is 24.2 Å². The molecule has 156 valence electrons. The molecule has 1 fully saturated rings. The van der Waals surface area contributed by atoms with E-state index in [1.807, 2.05) is 6.07 Å². The van der Waals surface area contributed by atoms with Crippen LogP contribution in [0.5, 0.6) is 11.5 Å². The summed E-state index contributed by atoms with van der Waals surface area (Å²) in [5, 5.41) is 0. The highest BCUT2D eigenvalue weighted by Crippen LogP contribution is 2.45. The third kappa shape index (κ3) is 3.24. The normalized spacial score (nSPS) is 19.4. The molecule has 0 bridgehead atoms. The summed E-state index contributed by atoms with van der Waals surface area (Å²) in [6.07, 6.45) is 0. The smallest absolute Gasteiger partial charge is 0.267 e. The summed E-state index contributed by atoms with van der Waals surface area (Å²) in [7, 11) is 0. The number of carbonyl (C=O) groups excluding carboxylic acids is 3. The minimum atomic E-state index is -0.639. The molecule has 0 aromatic heterocycles. The molecule has 0 atom stereocenters. The fourth-order valence-corrected chi connectivity index (χ4v) is 5.05. The Morgan fingerprint density at radius 2 is 1.84 bits per heavy atom. The summed E-state index contributed by atoms with van der Waals surface area (Å²) in [5.74, 6) is -0.169. The number of carbonyl (C=O) groups is 3. The van der Waals surface area contributed by atoms with Crippen LogP contribution >= 0.6 is 24.0 Å². The molecule has 5 rings (SSSR count). The van der Waals surface area contributed by atoms with Gasteiger partial charge in [0.15, 0.2) is 11.5 Å². The number of ether oxygens (including phenoxy) is 2. The maximum atomic E-state index is 13.3. The lowest BCUT2D eigenvalue weighted by molar-refractivity contribution is -0.122. The molecular formula is C21H15N3O5S2. The van der Waals surface area contributed by atoms with Crippen LogP contribution in [-0.2, 0) is 20.9 Å². The molecule has 2 N–H and O–H groups in total. The molecule has 3 aliphatic rings. The Kier molecular flexibility index (Phi) is 4.67. The highest BCUT2D eigenvalue weighted by atomic mass is 32.2. The topological polar surface area (TPSA) is 102 Å². The largest absolute Gasteiger partial charge is 0.454 e. The number of para-hydroxylation sites is 1. The Hall–Kier alpha value is -3.37. The van der Waals surface area contributed by atoms with Crippen molar-refractivity contribution in [2.45, 2.75) is 6.54 Å². The molecule has 8 nitrogen and oxygen atoms in total. The molecule has 3 amide bonds. The standard InChI is InChI=1S/C21H15N3O5S2/c22-16(25)9-23-13-4-2-1-3-12(13)17(19(23)26)18-20(27)24(21(30)31-18)8-11-5-6-14-15(7-11)29-10-28-14/h1-7H,8-10H2,(H2,22,25). The minimum absolute atomic E-state index is 0.162. The molecule has 0 radical (unpaired) electrons. The zero-order valence-corrected chi connectivity index (χ0v) is 17.6. The zero-order chi connectivity index (χ0) is 21.7. The van der Waals surface area contributed by atoms with Crippen molar-refractivity contribution in [3.8, 4) is 11.5 Å². The maximum absolute atomic E-state index is 13.3. The van der Waals surface area contributed by atoms with Crippen molar-refractivity contribution in [3.05, 3.63) is 58.5 Å². The van der Waals surface area contributed by atoms with Crippen molar-refractivity contribution in [2.24, 2.45) is 5.73 Å². The van der Waals surface area contributed by atoms with Gasteiger partial charge in [0.05, 0.1) is 22.7 Å². The summed E-state index contributed by atoms with van der Waals surface area (Å²) in [5.41, 5.74) is 7.50. The van der Waals surface area contributed by atoms with E-state index >= 15 is 0 Å². The number of anilines is 1. The highest BCUT2D eigenvalue weighted by Gasteiger charge is 2.42.